The Morgan fingerprint density at radius 3 is 2.83 bits per heavy atom. The van der Waals surface area contributed by atoms with Gasteiger partial charge >= 0.3 is 0 Å². The van der Waals surface area contributed by atoms with E-state index < -0.39 is 0 Å². The van der Waals surface area contributed by atoms with E-state index in [0.29, 0.717) is 0 Å². The van der Waals surface area contributed by atoms with Gasteiger partial charge in [-0.25, -0.2) is 0 Å². The van der Waals surface area contributed by atoms with Crippen LogP contribution in [0, 0.1) is 5.92 Å². The number of hydrogen-bond donors (Lipinski definition) is 1. The van der Waals surface area contributed by atoms with Gasteiger partial charge in [-0.1, -0.05) is 24.6 Å². The molecule has 3 heteroatoms. The smallest absolute Gasteiger partial charge is 0.0511 e. The lowest BCUT2D eigenvalue weighted by Crippen LogP contribution is -2.29. The number of fused-ring (bicyclic) bond motifs is 2. The second kappa shape index (κ2) is 5.75. The Labute approximate surface area is 142 Å². The molecule has 5 rings (SSSR count). The Kier molecular flexibility index (Phi) is 3.41. The Bertz CT molecular complexity index is 852. The maximum atomic E-state index is 4.18. The molecule has 0 spiro atoms. The van der Waals surface area contributed by atoms with Crippen molar-refractivity contribution in [2.75, 3.05) is 6.54 Å². The van der Waals surface area contributed by atoms with Crippen LogP contribution in [0.15, 0.2) is 48.8 Å². The zero-order chi connectivity index (χ0) is 15.9. The van der Waals surface area contributed by atoms with E-state index in [-0.39, 0.29) is 0 Å². The molecule has 24 heavy (non-hydrogen) atoms. The minimum absolute atomic E-state index is 0.809. The number of benzene rings is 1. The molecule has 1 aliphatic carbocycles. The zero-order valence-corrected chi connectivity index (χ0v) is 13.9. The molecule has 0 unspecified atom stereocenters. The third kappa shape index (κ3) is 2.27. The molecule has 1 aliphatic heterocycles. The number of nitrogens with zero attached hydrogens (tertiary/aromatic N) is 2. The summed E-state index contributed by atoms with van der Waals surface area (Å²) in [4.78, 5) is 10.6. The maximum Gasteiger partial charge on any atom is 0.0511 e. The summed E-state index contributed by atoms with van der Waals surface area (Å²) in [7, 11) is 0. The van der Waals surface area contributed by atoms with Crippen LogP contribution in [0.25, 0.3) is 22.2 Å². The fourth-order valence-electron chi connectivity index (χ4n) is 4.86. The van der Waals surface area contributed by atoms with Gasteiger partial charge in [0.1, 0.15) is 0 Å². The Morgan fingerprint density at radius 2 is 1.92 bits per heavy atom. The van der Waals surface area contributed by atoms with E-state index in [1.807, 2.05) is 12.4 Å². The van der Waals surface area contributed by atoms with Crippen LogP contribution >= 0.6 is 0 Å². The van der Waals surface area contributed by atoms with Crippen LogP contribution in [-0.2, 0) is 6.54 Å². The van der Waals surface area contributed by atoms with Crippen LogP contribution in [0.1, 0.15) is 31.2 Å². The lowest BCUT2D eigenvalue weighted by molar-refractivity contribution is 0.234. The molecule has 3 nitrogen and oxygen atoms in total. The van der Waals surface area contributed by atoms with E-state index >= 15 is 0 Å². The number of nitrogens with one attached hydrogen (secondary N) is 1. The van der Waals surface area contributed by atoms with Crippen LogP contribution in [0.5, 0.6) is 0 Å². The molecular weight excluding hydrogens is 294 g/mol. The van der Waals surface area contributed by atoms with E-state index in [1.54, 1.807) is 0 Å². The van der Waals surface area contributed by atoms with Gasteiger partial charge in [-0.3, -0.25) is 9.88 Å². The van der Waals surface area contributed by atoms with Gasteiger partial charge in [-0.15, -0.1) is 0 Å². The van der Waals surface area contributed by atoms with Crippen LogP contribution in [0.3, 0.4) is 0 Å². The van der Waals surface area contributed by atoms with Gasteiger partial charge in [0.2, 0.25) is 0 Å². The van der Waals surface area contributed by atoms with Crippen molar-refractivity contribution in [2.45, 2.75) is 38.3 Å². The van der Waals surface area contributed by atoms with E-state index in [9.17, 15) is 0 Å². The van der Waals surface area contributed by atoms with E-state index in [1.165, 1.54) is 60.0 Å². The quantitative estimate of drug-likeness (QED) is 0.765. The van der Waals surface area contributed by atoms with Crippen molar-refractivity contribution in [3.05, 3.63) is 54.4 Å². The molecule has 3 heterocycles. The number of H-pyrrole nitrogens is 1. The average Bonchev–Trinajstić information content (AvgIpc) is 3.32. The maximum absolute atomic E-state index is 4.18. The number of hydrogen-bond acceptors (Lipinski definition) is 2. The Morgan fingerprint density at radius 1 is 1.04 bits per heavy atom. The molecular formula is C21H23N3. The van der Waals surface area contributed by atoms with Gasteiger partial charge < -0.3 is 4.98 Å². The highest BCUT2D eigenvalue weighted by atomic mass is 15.2. The molecule has 0 amide bonds. The molecule has 122 valence electrons. The normalized spacial score (nSPS) is 23.8. The van der Waals surface area contributed by atoms with Gasteiger partial charge in [-0.2, -0.15) is 0 Å². The first-order valence-corrected chi connectivity index (χ1v) is 9.14. The monoisotopic (exact) mass is 317 g/mol. The van der Waals surface area contributed by atoms with Gasteiger partial charge in [0.25, 0.3) is 0 Å². The summed E-state index contributed by atoms with van der Waals surface area (Å²) < 4.78 is 0. The molecule has 0 bridgehead atoms. The van der Waals surface area contributed by atoms with Crippen molar-refractivity contribution in [3.8, 4) is 11.3 Å². The summed E-state index contributed by atoms with van der Waals surface area (Å²) in [6.07, 6.45) is 9.39. The molecule has 2 fully saturated rings. The fourth-order valence-corrected chi connectivity index (χ4v) is 4.86. The summed E-state index contributed by atoms with van der Waals surface area (Å²) >= 11 is 0. The second-order valence-corrected chi connectivity index (χ2v) is 7.28. The number of aromatic amines is 1. The Hall–Kier alpha value is -2.13. The summed E-state index contributed by atoms with van der Waals surface area (Å²) in [6, 6.07) is 13.7. The summed E-state index contributed by atoms with van der Waals surface area (Å²) in [5.74, 6) is 0.944. The topological polar surface area (TPSA) is 31.9 Å². The van der Waals surface area contributed by atoms with Crippen molar-refractivity contribution < 1.29 is 0 Å². The molecule has 1 aromatic carbocycles. The number of para-hydroxylation sites is 1. The minimum atomic E-state index is 0.809. The standard InChI is InChI=1S/C21H23N3/c1-2-6-19-17(5-1)18(21(23-19)16-8-11-22-12-9-16)14-24-13-10-15-4-3-7-20(15)24/h1-2,5-6,8-9,11-12,15,20,23H,3-4,7,10,13-14H2/t15-,20-/m1/s1. The van der Waals surface area contributed by atoms with Gasteiger partial charge in [0.05, 0.1) is 5.69 Å². The lowest BCUT2D eigenvalue weighted by atomic mass is 10.0. The molecule has 3 aromatic rings. The van der Waals surface area contributed by atoms with Crippen molar-refractivity contribution in [1.82, 2.24) is 14.9 Å². The van der Waals surface area contributed by atoms with E-state index in [4.69, 9.17) is 0 Å². The van der Waals surface area contributed by atoms with Crippen LogP contribution < -0.4 is 0 Å². The largest absolute Gasteiger partial charge is 0.354 e. The van der Waals surface area contributed by atoms with Crippen LogP contribution in [0.4, 0.5) is 0 Å². The second-order valence-electron chi connectivity index (χ2n) is 7.28. The predicted molar refractivity (Wildman–Crippen MR) is 97.7 cm³/mol. The lowest BCUT2D eigenvalue weighted by Gasteiger charge is -2.24. The first-order valence-electron chi connectivity index (χ1n) is 9.14. The predicted octanol–water partition coefficient (Wildman–Crippen LogP) is 4.60. The molecule has 2 aliphatic rings. The van der Waals surface area contributed by atoms with Crippen molar-refractivity contribution in [3.63, 3.8) is 0 Å². The molecule has 0 radical (unpaired) electrons. The molecule has 1 N–H and O–H groups in total. The minimum Gasteiger partial charge on any atom is -0.354 e. The van der Waals surface area contributed by atoms with Crippen LogP contribution in [0.2, 0.25) is 0 Å². The van der Waals surface area contributed by atoms with Crippen LogP contribution in [-0.4, -0.2) is 27.5 Å². The molecule has 1 saturated carbocycles. The number of aromatic nitrogens is 2. The first kappa shape index (κ1) is 14.2. The van der Waals surface area contributed by atoms with Crippen molar-refractivity contribution in [1.29, 1.82) is 0 Å². The van der Waals surface area contributed by atoms with Crippen molar-refractivity contribution >= 4 is 10.9 Å². The van der Waals surface area contributed by atoms with Crippen molar-refractivity contribution in [2.24, 2.45) is 5.92 Å². The van der Waals surface area contributed by atoms with E-state index in [0.717, 1.165) is 18.5 Å². The Balaban J connectivity index is 1.58. The highest BCUT2D eigenvalue weighted by Crippen LogP contribution is 2.40. The first-order chi connectivity index (χ1) is 11.9. The summed E-state index contributed by atoms with van der Waals surface area (Å²) in [5.41, 5.74) is 5.18. The third-order valence-corrected chi connectivity index (χ3v) is 6.02. The van der Waals surface area contributed by atoms with Gasteiger partial charge in [-0.05, 0) is 55.5 Å². The molecule has 1 saturated heterocycles. The fraction of sp³-hybridized carbons (Fsp3) is 0.381. The highest BCUT2D eigenvalue weighted by molar-refractivity contribution is 5.90. The summed E-state index contributed by atoms with van der Waals surface area (Å²) in [5, 5.41) is 1.37. The number of rotatable bonds is 3. The molecule has 2 aromatic heterocycles. The number of likely N-dealkylation sites (tertiary alicyclic amines) is 1. The van der Waals surface area contributed by atoms with E-state index in [2.05, 4.69) is 51.3 Å². The summed E-state index contributed by atoms with van der Waals surface area (Å²) in [6.45, 7) is 2.31. The SMILES string of the molecule is c1ccc2c(CN3CC[C@H]4CCC[C@H]43)c(-c3ccncc3)[nH]c2c1. The van der Waals surface area contributed by atoms with Gasteiger partial charge in [0.15, 0.2) is 0 Å². The highest BCUT2D eigenvalue weighted by Gasteiger charge is 2.37. The third-order valence-electron chi connectivity index (χ3n) is 6.02. The molecule has 2 atom stereocenters. The van der Waals surface area contributed by atoms with Gasteiger partial charge in [0, 0.05) is 41.4 Å². The number of pyridine rings is 1. The average molecular weight is 317 g/mol. The zero-order valence-electron chi connectivity index (χ0n) is 13.9.